The van der Waals surface area contributed by atoms with Gasteiger partial charge in [-0.3, -0.25) is 4.79 Å². The van der Waals surface area contributed by atoms with E-state index in [1.54, 1.807) is 11.0 Å². The Hall–Kier alpha value is -1.50. The van der Waals surface area contributed by atoms with Gasteiger partial charge in [-0.1, -0.05) is 23.7 Å². The van der Waals surface area contributed by atoms with Gasteiger partial charge in [-0.05, 0) is 42.1 Å². The van der Waals surface area contributed by atoms with Crippen LogP contribution in [0.15, 0.2) is 24.3 Å². The first-order valence-electron chi connectivity index (χ1n) is 7.75. The fraction of sp³-hybridized carbons (Fsp3) is 0.500. The number of hydrogen-bond acceptors (Lipinski definition) is 3. The zero-order valence-corrected chi connectivity index (χ0v) is 14.6. The van der Waals surface area contributed by atoms with Crippen molar-refractivity contribution in [2.24, 2.45) is 5.92 Å². The molecule has 1 aliphatic rings. The number of amides is 2. The third kappa shape index (κ3) is 5.54. The van der Waals surface area contributed by atoms with Gasteiger partial charge in [0.2, 0.25) is 0 Å². The zero-order valence-electron chi connectivity index (χ0n) is 13.1. The summed E-state index contributed by atoms with van der Waals surface area (Å²) >= 11 is 11.7. The van der Waals surface area contributed by atoms with Crippen LogP contribution in [0.1, 0.15) is 24.5 Å². The lowest BCUT2D eigenvalue weighted by atomic mass is 9.88. The molecule has 8 heteroatoms. The highest BCUT2D eigenvalue weighted by Crippen LogP contribution is 2.34. The van der Waals surface area contributed by atoms with Crippen LogP contribution in [0.25, 0.3) is 0 Å². The molecular formula is C16H20Cl2N2O4. The molecule has 1 saturated heterocycles. The smallest absolute Gasteiger partial charge is 0.404 e. The molecule has 0 aromatic heterocycles. The predicted octanol–water partition coefficient (Wildman–Crippen LogP) is 3.74. The van der Waals surface area contributed by atoms with E-state index < -0.39 is 11.5 Å². The average Bonchev–Trinajstić information content (AvgIpc) is 2.54. The van der Waals surface area contributed by atoms with E-state index in [0.717, 1.165) is 18.4 Å². The number of benzene rings is 1. The topological polar surface area (TPSA) is 78.9 Å². The number of halogens is 2. The molecular weight excluding hydrogens is 355 g/mol. The van der Waals surface area contributed by atoms with E-state index in [0.29, 0.717) is 18.1 Å². The number of rotatable bonds is 6. The Morgan fingerprint density at radius 1 is 1.46 bits per heavy atom. The number of nitrogens with zero attached hydrogens (tertiary/aromatic N) is 1. The van der Waals surface area contributed by atoms with Gasteiger partial charge in [-0.15, -0.1) is 0 Å². The molecule has 0 spiro atoms. The Labute approximate surface area is 150 Å². The minimum absolute atomic E-state index is 0.0738. The minimum Gasteiger partial charge on any atom is -0.465 e. The third-order valence-corrected chi connectivity index (χ3v) is 4.46. The first-order chi connectivity index (χ1) is 11.5. The molecule has 1 aromatic rings. The van der Waals surface area contributed by atoms with E-state index >= 15 is 0 Å². The van der Waals surface area contributed by atoms with Crippen molar-refractivity contribution in [3.05, 3.63) is 34.9 Å². The summed E-state index contributed by atoms with van der Waals surface area (Å²) in [6.45, 7) is 1.57. The van der Waals surface area contributed by atoms with Crippen LogP contribution in [-0.4, -0.2) is 47.7 Å². The van der Waals surface area contributed by atoms with Gasteiger partial charge in [0.25, 0.3) is 0 Å². The molecule has 2 N–H and O–H groups in total. The van der Waals surface area contributed by atoms with Crippen molar-refractivity contribution in [3.8, 4) is 0 Å². The Balaban J connectivity index is 2.09. The van der Waals surface area contributed by atoms with Crippen molar-refractivity contribution in [1.29, 1.82) is 0 Å². The van der Waals surface area contributed by atoms with Gasteiger partial charge in [-0.2, -0.15) is 0 Å². The van der Waals surface area contributed by atoms with E-state index in [9.17, 15) is 9.59 Å². The number of carbonyl (C=O) groups is 2. The van der Waals surface area contributed by atoms with Gasteiger partial charge in [0, 0.05) is 30.6 Å². The molecule has 1 fully saturated rings. The first-order valence-corrected chi connectivity index (χ1v) is 8.51. The minimum atomic E-state index is -1.09. The van der Waals surface area contributed by atoms with Crippen LogP contribution in [0.2, 0.25) is 5.02 Å². The molecule has 0 bridgehead atoms. The maximum atomic E-state index is 11.4. The van der Waals surface area contributed by atoms with E-state index in [2.05, 4.69) is 5.32 Å². The highest BCUT2D eigenvalue weighted by atomic mass is 35.5. The number of likely N-dealkylation sites (tertiary alicyclic amines) is 1. The monoisotopic (exact) mass is 374 g/mol. The first kappa shape index (κ1) is 18.8. The van der Waals surface area contributed by atoms with E-state index in [1.165, 1.54) is 0 Å². The molecule has 1 aromatic carbocycles. The normalized spacial score (nSPS) is 18.9. The molecule has 0 aliphatic carbocycles. The molecule has 132 valence electrons. The van der Waals surface area contributed by atoms with Crippen LogP contribution in [0.5, 0.6) is 0 Å². The van der Waals surface area contributed by atoms with E-state index in [-0.39, 0.29) is 25.2 Å². The van der Waals surface area contributed by atoms with Crippen molar-refractivity contribution in [2.45, 2.75) is 18.9 Å². The number of carboxylic acid groups (broad SMARTS) is 1. The van der Waals surface area contributed by atoms with E-state index in [1.807, 2.05) is 18.2 Å². The van der Waals surface area contributed by atoms with Crippen molar-refractivity contribution in [3.63, 3.8) is 0 Å². The molecule has 1 heterocycles. The van der Waals surface area contributed by atoms with Crippen LogP contribution < -0.4 is 5.32 Å². The largest absolute Gasteiger partial charge is 0.465 e. The van der Waals surface area contributed by atoms with Crippen LogP contribution in [-0.2, 0) is 4.74 Å². The number of nitrogens with one attached hydrogen (secondary N) is 1. The fourth-order valence-corrected chi connectivity index (χ4v) is 3.30. The molecule has 2 amide bonds. The van der Waals surface area contributed by atoms with Crippen LogP contribution in [0.3, 0.4) is 0 Å². The summed E-state index contributed by atoms with van der Waals surface area (Å²) in [6, 6.07) is 7.38. The highest BCUT2D eigenvalue weighted by Gasteiger charge is 2.30. The number of carbonyl (C=O) groups excluding carboxylic acids is 1. The van der Waals surface area contributed by atoms with Crippen LogP contribution >= 0.6 is 23.2 Å². The highest BCUT2D eigenvalue weighted by molar-refractivity contribution is 6.62. The lowest BCUT2D eigenvalue weighted by molar-refractivity contribution is -0.00702. The molecule has 2 atom stereocenters. The van der Waals surface area contributed by atoms with Gasteiger partial charge in [0.1, 0.15) is 0 Å². The van der Waals surface area contributed by atoms with Gasteiger partial charge in [-0.25, -0.2) is 4.79 Å². The van der Waals surface area contributed by atoms with Gasteiger partial charge in [0.15, 0.2) is 0 Å². The molecule has 0 radical (unpaired) electrons. The zero-order chi connectivity index (χ0) is 17.5. The lowest BCUT2D eigenvalue weighted by Gasteiger charge is -2.36. The average molecular weight is 375 g/mol. The van der Waals surface area contributed by atoms with E-state index in [4.69, 9.17) is 33.0 Å². The molecule has 24 heavy (non-hydrogen) atoms. The van der Waals surface area contributed by atoms with Crippen molar-refractivity contribution in [1.82, 2.24) is 10.2 Å². The summed E-state index contributed by atoms with van der Waals surface area (Å²) < 4.78 is 5.94. The second-order valence-corrected chi connectivity index (χ2v) is 6.44. The van der Waals surface area contributed by atoms with Crippen molar-refractivity contribution >= 4 is 34.7 Å². The molecule has 0 saturated carbocycles. The lowest BCUT2D eigenvalue weighted by Crippen LogP contribution is -2.40. The van der Waals surface area contributed by atoms with Crippen LogP contribution in [0, 0.1) is 5.92 Å². The standard InChI is InChI=1S/C16H20Cl2N2O4/c17-13-5-1-3-11(9-13)14(24-8-6-19-16(22)23)12-4-2-7-20(10-12)15(18)21/h1,3,5,9,12,14,19H,2,4,6-8,10H2,(H,22,23). The third-order valence-electron chi connectivity index (χ3n) is 3.99. The maximum Gasteiger partial charge on any atom is 0.404 e. The summed E-state index contributed by atoms with van der Waals surface area (Å²) in [4.78, 5) is 23.6. The molecule has 2 unspecified atom stereocenters. The Kier molecular flexibility index (Phi) is 7.15. The summed E-state index contributed by atoms with van der Waals surface area (Å²) in [5.41, 5.74) is 0.909. The molecule has 1 aliphatic heterocycles. The number of piperidine rings is 1. The summed E-state index contributed by atoms with van der Waals surface area (Å²) in [5.74, 6) is 0.0738. The molecule has 2 rings (SSSR count). The number of ether oxygens (including phenoxy) is 1. The quantitative estimate of drug-likeness (QED) is 0.451. The van der Waals surface area contributed by atoms with Crippen LogP contribution in [0.4, 0.5) is 9.59 Å². The second kappa shape index (κ2) is 9.11. The van der Waals surface area contributed by atoms with Crippen molar-refractivity contribution in [2.75, 3.05) is 26.2 Å². The van der Waals surface area contributed by atoms with Gasteiger partial charge in [0.05, 0.1) is 12.7 Å². The maximum absolute atomic E-state index is 11.4. The summed E-state index contributed by atoms with van der Waals surface area (Å²) in [6.07, 6.45) is 0.369. The fourth-order valence-electron chi connectivity index (χ4n) is 2.95. The Bertz CT molecular complexity index is 585. The summed E-state index contributed by atoms with van der Waals surface area (Å²) in [5, 5.41) is 11.0. The Morgan fingerprint density at radius 2 is 2.25 bits per heavy atom. The molecule has 6 nitrogen and oxygen atoms in total. The van der Waals surface area contributed by atoms with Gasteiger partial charge >= 0.3 is 11.5 Å². The summed E-state index contributed by atoms with van der Waals surface area (Å²) in [7, 11) is 0. The Morgan fingerprint density at radius 3 is 2.92 bits per heavy atom. The SMILES string of the molecule is O=C(O)NCCOC(c1cccc(Cl)c1)C1CCCN(C(=O)Cl)C1. The second-order valence-electron chi connectivity index (χ2n) is 5.68. The van der Waals surface area contributed by atoms with Crippen molar-refractivity contribution < 1.29 is 19.4 Å². The predicted molar refractivity (Wildman–Crippen MR) is 91.7 cm³/mol. The number of hydrogen-bond donors (Lipinski definition) is 2. The van der Waals surface area contributed by atoms with Gasteiger partial charge < -0.3 is 20.1 Å².